The summed E-state index contributed by atoms with van der Waals surface area (Å²) < 4.78 is 17.0. The van der Waals surface area contributed by atoms with Crippen LogP contribution >= 0.6 is 0 Å². The molecule has 5 nitrogen and oxygen atoms in total. The minimum Gasteiger partial charge on any atom is -0.497 e. The molecule has 2 unspecified atom stereocenters. The summed E-state index contributed by atoms with van der Waals surface area (Å²) in [6.07, 6.45) is 11.6. The molecule has 0 aliphatic carbocycles. The van der Waals surface area contributed by atoms with Crippen LogP contribution < -0.4 is 14.8 Å². The van der Waals surface area contributed by atoms with Gasteiger partial charge in [-0.2, -0.15) is 0 Å². The fourth-order valence-electron chi connectivity index (χ4n) is 4.11. The highest BCUT2D eigenvalue weighted by atomic mass is 16.5. The van der Waals surface area contributed by atoms with E-state index in [0.717, 1.165) is 49.7 Å². The number of ether oxygens (including phenoxy) is 3. The highest BCUT2D eigenvalue weighted by molar-refractivity contribution is 5.52. The number of benzene rings is 1. The molecule has 26 heavy (non-hydrogen) atoms. The van der Waals surface area contributed by atoms with E-state index in [1.54, 1.807) is 14.2 Å². The van der Waals surface area contributed by atoms with E-state index in [2.05, 4.69) is 34.6 Å². The van der Waals surface area contributed by atoms with Gasteiger partial charge in [0.25, 0.3) is 0 Å². The van der Waals surface area contributed by atoms with Crippen molar-refractivity contribution in [3.8, 4) is 11.5 Å². The Kier molecular flexibility index (Phi) is 5.07. The molecule has 0 saturated carbocycles. The third-order valence-electron chi connectivity index (χ3n) is 5.54. The largest absolute Gasteiger partial charge is 0.497 e. The van der Waals surface area contributed by atoms with Crippen molar-refractivity contribution in [2.75, 3.05) is 33.9 Å². The molecule has 3 aliphatic heterocycles. The Bertz CT molecular complexity index is 690. The third-order valence-corrected chi connectivity index (χ3v) is 5.54. The van der Waals surface area contributed by atoms with Crippen molar-refractivity contribution < 1.29 is 14.2 Å². The summed E-state index contributed by atoms with van der Waals surface area (Å²) in [5, 5.41) is 3.57. The number of rotatable bonds is 5. The van der Waals surface area contributed by atoms with Crippen molar-refractivity contribution in [1.82, 2.24) is 10.2 Å². The molecule has 3 aliphatic rings. The minimum absolute atomic E-state index is 0.194. The average Bonchev–Trinajstić information content (AvgIpc) is 2.71. The molecule has 1 aromatic carbocycles. The van der Waals surface area contributed by atoms with Crippen LogP contribution in [0.25, 0.3) is 0 Å². The summed E-state index contributed by atoms with van der Waals surface area (Å²) in [6.45, 7) is 2.76. The van der Waals surface area contributed by atoms with Gasteiger partial charge < -0.3 is 24.4 Å². The van der Waals surface area contributed by atoms with Gasteiger partial charge in [0, 0.05) is 43.2 Å². The number of hydrogen-bond acceptors (Lipinski definition) is 5. The first kappa shape index (κ1) is 17.3. The number of fused-ring (bicyclic) bond motifs is 3. The predicted molar refractivity (Wildman–Crippen MR) is 102 cm³/mol. The van der Waals surface area contributed by atoms with Crippen molar-refractivity contribution in [2.24, 2.45) is 0 Å². The van der Waals surface area contributed by atoms with Crippen molar-refractivity contribution in [3.05, 3.63) is 47.3 Å². The summed E-state index contributed by atoms with van der Waals surface area (Å²) in [7, 11) is 3.44. The van der Waals surface area contributed by atoms with Crippen molar-refractivity contribution in [1.29, 1.82) is 0 Å². The first-order chi connectivity index (χ1) is 12.8. The summed E-state index contributed by atoms with van der Waals surface area (Å²) in [6, 6.07) is 4.32. The highest BCUT2D eigenvalue weighted by Crippen LogP contribution is 2.41. The van der Waals surface area contributed by atoms with Crippen LogP contribution in [-0.4, -0.2) is 44.9 Å². The molecule has 0 spiro atoms. The first-order valence-electron chi connectivity index (χ1n) is 9.54. The lowest BCUT2D eigenvalue weighted by Gasteiger charge is -2.38. The molecule has 140 valence electrons. The van der Waals surface area contributed by atoms with Gasteiger partial charge in [-0.05, 0) is 49.5 Å². The Labute approximate surface area is 155 Å². The number of nitrogens with one attached hydrogen (secondary N) is 1. The molecule has 0 amide bonds. The van der Waals surface area contributed by atoms with E-state index >= 15 is 0 Å². The van der Waals surface area contributed by atoms with Crippen molar-refractivity contribution in [3.63, 3.8) is 0 Å². The van der Waals surface area contributed by atoms with E-state index in [1.807, 2.05) is 6.07 Å². The van der Waals surface area contributed by atoms with E-state index in [9.17, 15) is 0 Å². The molecule has 0 aromatic heterocycles. The van der Waals surface area contributed by atoms with E-state index in [1.165, 1.54) is 24.0 Å². The van der Waals surface area contributed by atoms with E-state index < -0.39 is 0 Å². The molecular formula is C21H28N2O3. The van der Waals surface area contributed by atoms with Gasteiger partial charge in [0.1, 0.15) is 11.5 Å². The third kappa shape index (κ3) is 3.40. The molecular weight excluding hydrogens is 328 g/mol. The molecule has 4 rings (SSSR count). The van der Waals surface area contributed by atoms with Crippen LogP contribution in [0, 0.1) is 0 Å². The predicted octanol–water partition coefficient (Wildman–Crippen LogP) is 3.17. The normalized spacial score (nSPS) is 24.4. The number of allylic oxidation sites excluding steroid dienone is 1. The highest BCUT2D eigenvalue weighted by Gasteiger charge is 2.30. The molecule has 1 saturated heterocycles. The zero-order chi connectivity index (χ0) is 17.9. The Hall–Kier alpha value is -2.14. The molecule has 2 atom stereocenters. The SMILES string of the molecule is COc1cc2c(c(OC)c1)C1C=C(NCC3CCCCO3)C=CN1CC2. The van der Waals surface area contributed by atoms with Gasteiger partial charge in [0.05, 0.1) is 26.4 Å². The first-order valence-corrected chi connectivity index (χ1v) is 9.54. The zero-order valence-electron chi connectivity index (χ0n) is 15.7. The topological polar surface area (TPSA) is 43.0 Å². The number of methoxy groups -OCH3 is 2. The minimum atomic E-state index is 0.194. The van der Waals surface area contributed by atoms with Crippen LogP contribution in [0.5, 0.6) is 11.5 Å². The van der Waals surface area contributed by atoms with E-state index in [4.69, 9.17) is 14.2 Å². The van der Waals surface area contributed by atoms with Gasteiger partial charge in [-0.25, -0.2) is 0 Å². The second kappa shape index (κ2) is 7.62. The standard InChI is InChI=1S/C21H28N2O3/c1-24-18-11-15-6-8-23-9-7-16(22-14-17-5-3-4-10-26-17)12-19(23)21(15)20(13-18)25-2/h7,9,11-13,17,19,22H,3-6,8,10,14H2,1-2H3. The zero-order valence-corrected chi connectivity index (χ0v) is 15.7. The van der Waals surface area contributed by atoms with Crippen LogP contribution in [-0.2, 0) is 11.2 Å². The summed E-state index contributed by atoms with van der Waals surface area (Å²) in [5.74, 6) is 1.76. The maximum Gasteiger partial charge on any atom is 0.128 e. The quantitative estimate of drug-likeness (QED) is 0.878. The Morgan fingerprint density at radius 3 is 2.92 bits per heavy atom. The lowest BCUT2D eigenvalue weighted by atomic mass is 9.89. The lowest BCUT2D eigenvalue weighted by Crippen LogP contribution is -2.35. The molecule has 1 fully saturated rings. The second-order valence-corrected chi connectivity index (χ2v) is 7.14. The van der Waals surface area contributed by atoms with E-state index in [-0.39, 0.29) is 6.04 Å². The molecule has 1 aromatic rings. The summed E-state index contributed by atoms with van der Waals surface area (Å²) >= 11 is 0. The Morgan fingerprint density at radius 1 is 1.23 bits per heavy atom. The van der Waals surface area contributed by atoms with Gasteiger partial charge >= 0.3 is 0 Å². The smallest absolute Gasteiger partial charge is 0.128 e. The Balaban J connectivity index is 1.55. The van der Waals surface area contributed by atoms with Gasteiger partial charge in [-0.3, -0.25) is 0 Å². The number of hydrogen-bond donors (Lipinski definition) is 1. The van der Waals surface area contributed by atoms with Gasteiger partial charge in [0.15, 0.2) is 0 Å². The lowest BCUT2D eigenvalue weighted by molar-refractivity contribution is 0.0184. The van der Waals surface area contributed by atoms with Crippen LogP contribution in [0.2, 0.25) is 0 Å². The van der Waals surface area contributed by atoms with Crippen LogP contribution in [0.4, 0.5) is 0 Å². The molecule has 0 radical (unpaired) electrons. The van der Waals surface area contributed by atoms with Gasteiger partial charge in [0.2, 0.25) is 0 Å². The van der Waals surface area contributed by atoms with E-state index in [0.29, 0.717) is 6.10 Å². The van der Waals surface area contributed by atoms with Gasteiger partial charge in [-0.15, -0.1) is 0 Å². The number of nitrogens with zero attached hydrogens (tertiary/aromatic N) is 1. The molecule has 3 heterocycles. The molecule has 0 bridgehead atoms. The fourth-order valence-corrected chi connectivity index (χ4v) is 4.11. The van der Waals surface area contributed by atoms with Crippen LogP contribution in [0.3, 0.4) is 0 Å². The maximum atomic E-state index is 5.84. The summed E-state index contributed by atoms with van der Waals surface area (Å²) in [5.41, 5.74) is 3.72. The summed E-state index contributed by atoms with van der Waals surface area (Å²) in [4.78, 5) is 2.37. The molecule has 5 heteroatoms. The van der Waals surface area contributed by atoms with Gasteiger partial charge in [-0.1, -0.05) is 0 Å². The van der Waals surface area contributed by atoms with Crippen LogP contribution in [0.15, 0.2) is 36.2 Å². The molecule has 1 N–H and O–H groups in total. The average molecular weight is 356 g/mol. The Morgan fingerprint density at radius 2 is 2.15 bits per heavy atom. The van der Waals surface area contributed by atoms with Crippen molar-refractivity contribution >= 4 is 0 Å². The van der Waals surface area contributed by atoms with Crippen LogP contribution in [0.1, 0.15) is 36.4 Å². The maximum absolute atomic E-state index is 5.84. The second-order valence-electron chi connectivity index (χ2n) is 7.14. The van der Waals surface area contributed by atoms with Crippen molar-refractivity contribution in [2.45, 2.75) is 37.8 Å². The fraction of sp³-hybridized carbons (Fsp3) is 0.524. The monoisotopic (exact) mass is 356 g/mol.